The van der Waals surface area contributed by atoms with Gasteiger partial charge in [0, 0.05) is 33.3 Å². The average molecular weight is 509 g/mol. The molecule has 1 aliphatic heterocycles. The zero-order chi connectivity index (χ0) is 24.0. The average Bonchev–Trinajstić information content (AvgIpc) is 3.32. The monoisotopic (exact) mass is 508 g/mol. The molecule has 5 nitrogen and oxygen atoms in total. The fourth-order valence-corrected chi connectivity index (χ4v) is 5.32. The smallest absolute Gasteiger partial charge is 0.174 e. The predicted octanol–water partition coefficient (Wildman–Crippen LogP) is 6.68. The molecule has 0 radical (unpaired) electrons. The number of anilines is 1. The maximum Gasteiger partial charge on any atom is 0.174 e. The van der Waals surface area contributed by atoms with Crippen LogP contribution in [0.4, 0.5) is 5.69 Å². The molecule has 5 rings (SSSR count). The van der Waals surface area contributed by atoms with Crippen LogP contribution in [0.3, 0.4) is 0 Å². The van der Waals surface area contributed by atoms with E-state index in [4.69, 9.17) is 35.4 Å². The molecule has 3 heterocycles. The number of aromatic nitrogens is 2. The van der Waals surface area contributed by atoms with Crippen LogP contribution >= 0.6 is 35.4 Å². The molecular formula is C26H22Cl2N4OS. The summed E-state index contributed by atoms with van der Waals surface area (Å²) in [5.41, 5.74) is 5.47. The summed E-state index contributed by atoms with van der Waals surface area (Å²) in [7, 11) is 0. The Morgan fingerprint density at radius 3 is 2.41 bits per heavy atom. The van der Waals surface area contributed by atoms with E-state index < -0.39 is 0 Å². The number of pyridine rings is 1. The highest BCUT2D eigenvalue weighted by Crippen LogP contribution is 2.44. The van der Waals surface area contributed by atoms with Crippen LogP contribution in [0.2, 0.25) is 10.0 Å². The second kappa shape index (κ2) is 8.95. The molecule has 172 valence electrons. The lowest BCUT2D eigenvalue weighted by Crippen LogP contribution is -2.29. The van der Waals surface area contributed by atoms with E-state index in [9.17, 15) is 5.11 Å². The van der Waals surface area contributed by atoms with E-state index in [0.717, 1.165) is 28.3 Å². The number of rotatable bonds is 4. The van der Waals surface area contributed by atoms with Gasteiger partial charge in [-0.3, -0.25) is 4.98 Å². The van der Waals surface area contributed by atoms with Gasteiger partial charge in [0.15, 0.2) is 5.11 Å². The fourth-order valence-electron chi connectivity index (χ4n) is 4.68. The molecule has 2 aromatic carbocycles. The summed E-state index contributed by atoms with van der Waals surface area (Å²) in [4.78, 5) is 6.73. The Hall–Kier alpha value is -3.06. The van der Waals surface area contributed by atoms with Gasteiger partial charge >= 0.3 is 0 Å². The Balaban J connectivity index is 1.70. The van der Waals surface area contributed by atoms with Gasteiger partial charge in [-0.1, -0.05) is 29.3 Å². The maximum absolute atomic E-state index is 10.6. The molecule has 1 aliphatic rings. The van der Waals surface area contributed by atoms with Crippen LogP contribution in [0.5, 0.6) is 5.75 Å². The van der Waals surface area contributed by atoms with Gasteiger partial charge in [0.2, 0.25) is 0 Å². The Kier molecular flexibility index (Phi) is 5.98. The first kappa shape index (κ1) is 22.7. The van der Waals surface area contributed by atoms with E-state index in [-0.39, 0.29) is 17.8 Å². The Morgan fingerprint density at radius 1 is 0.971 bits per heavy atom. The Morgan fingerprint density at radius 2 is 1.71 bits per heavy atom. The van der Waals surface area contributed by atoms with Crippen LogP contribution in [0.15, 0.2) is 72.9 Å². The molecule has 2 aromatic heterocycles. The summed E-state index contributed by atoms with van der Waals surface area (Å²) in [5, 5.41) is 15.9. The number of halogens is 2. The van der Waals surface area contributed by atoms with Crippen LogP contribution in [0.25, 0.3) is 5.69 Å². The van der Waals surface area contributed by atoms with Gasteiger partial charge in [0.1, 0.15) is 5.75 Å². The number of aryl methyl sites for hydroxylation is 1. The zero-order valence-corrected chi connectivity index (χ0v) is 20.9. The summed E-state index contributed by atoms with van der Waals surface area (Å²) in [6, 6.07) is 20.4. The van der Waals surface area contributed by atoms with Gasteiger partial charge < -0.3 is 19.9 Å². The largest absolute Gasteiger partial charge is 0.506 e. The summed E-state index contributed by atoms with van der Waals surface area (Å²) in [6.45, 7) is 4.06. The molecular weight excluding hydrogens is 487 g/mol. The molecule has 1 fully saturated rings. The summed E-state index contributed by atoms with van der Waals surface area (Å²) in [5.74, 6) is 0.161. The van der Waals surface area contributed by atoms with Crippen LogP contribution in [-0.2, 0) is 0 Å². The molecule has 2 N–H and O–H groups in total. The minimum atomic E-state index is -0.176. The van der Waals surface area contributed by atoms with Crippen molar-refractivity contribution in [1.29, 1.82) is 0 Å². The number of hydrogen-bond acceptors (Lipinski definition) is 3. The maximum atomic E-state index is 10.6. The van der Waals surface area contributed by atoms with Crippen LogP contribution < -0.4 is 10.2 Å². The standard InChI is InChI=1S/C26H22Cl2N4OS/c1-15-13-20(16(2)31(15)22-14-18(28)8-11-23(22)33)25-24(21-5-3-4-12-29-21)30-26(34)32(25)19-9-6-17(27)7-10-19/h3-14,24-25,33H,1-2H3,(H,30,34)/t24-,25-/m0/s1. The van der Waals surface area contributed by atoms with Crippen molar-refractivity contribution >= 4 is 46.2 Å². The van der Waals surface area contributed by atoms with Crippen molar-refractivity contribution in [2.45, 2.75) is 25.9 Å². The van der Waals surface area contributed by atoms with Gasteiger partial charge in [-0.15, -0.1) is 0 Å². The molecule has 0 spiro atoms. The van der Waals surface area contributed by atoms with Crippen molar-refractivity contribution in [2.75, 3.05) is 4.90 Å². The van der Waals surface area contributed by atoms with E-state index in [0.29, 0.717) is 20.8 Å². The molecule has 8 heteroatoms. The second-order valence-electron chi connectivity index (χ2n) is 8.27. The van der Waals surface area contributed by atoms with Crippen LogP contribution in [0.1, 0.15) is 34.7 Å². The molecule has 34 heavy (non-hydrogen) atoms. The van der Waals surface area contributed by atoms with Gasteiger partial charge in [0.25, 0.3) is 0 Å². The summed E-state index contributed by atoms with van der Waals surface area (Å²) in [6.07, 6.45) is 1.79. The lowest BCUT2D eigenvalue weighted by atomic mass is 9.96. The first-order valence-electron chi connectivity index (χ1n) is 10.8. The molecule has 0 bridgehead atoms. The molecule has 0 aliphatic carbocycles. The summed E-state index contributed by atoms with van der Waals surface area (Å²) >= 11 is 18.2. The number of aromatic hydroxyl groups is 1. The van der Waals surface area contributed by atoms with Gasteiger partial charge in [-0.05, 0) is 92.3 Å². The number of hydrogen-bond donors (Lipinski definition) is 2. The topological polar surface area (TPSA) is 53.3 Å². The van der Waals surface area contributed by atoms with Crippen molar-refractivity contribution in [3.8, 4) is 11.4 Å². The van der Waals surface area contributed by atoms with Crippen molar-refractivity contribution in [1.82, 2.24) is 14.9 Å². The number of nitrogens with one attached hydrogen (secondary N) is 1. The van der Waals surface area contributed by atoms with E-state index in [1.54, 1.807) is 24.4 Å². The Bertz CT molecular complexity index is 1370. The fraction of sp³-hybridized carbons (Fsp3) is 0.154. The number of phenolic OH excluding ortho intramolecular Hbond substituents is 1. The first-order valence-corrected chi connectivity index (χ1v) is 12.0. The molecule has 4 aromatic rings. The highest BCUT2D eigenvalue weighted by Gasteiger charge is 2.42. The highest BCUT2D eigenvalue weighted by atomic mass is 35.5. The quantitative estimate of drug-likeness (QED) is 0.301. The molecule has 1 saturated heterocycles. The molecule has 0 saturated carbocycles. The van der Waals surface area contributed by atoms with E-state index in [2.05, 4.69) is 21.3 Å². The van der Waals surface area contributed by atoms with E-state index in [1.807, 2.05) is 60.9 Å². The predicted molar refractivity (Wildman–Crippen MR) is 141 cm³/mol. The molecule has 0 amide bonds. The number of benzene rings is 2. The second-order valence-corrected chi connectivity index (χ2v) is 9.53. The van der Waals surface area contributed by atoms with Gasteiger partial charge in [0.05, 0.1) is 23.5 Å². The van der Waals surface area contributed by atoms with Crippen molar-refractivity contribution in [2.24, 2.45) is 0 Å². The lowest BCUT2D eigenvalue weighted by molar-refractivity contribution is 0.471. The third-order valence-corrected chi connectivity index (χ3v) is 6.97. The van der Waals surface area contributed by atoms with Crippen molar-refractivity contribution in [3.05, 3.63) is 106 Å². The third kappa shape index (κ3) is 3.92. The zero-order valence-electron chi connectivity index (χ0n) is 18.5. The van der Waals surface area contributed by atoms with Gasteiger partial charge in [-0.25, -0.2) is 0 Å². The first-order chi connectivity index (χ1) is 16.3. The number of phenols is 1. The SMILES string of the molecule is Cc1cc([C@H]2[C@H](c3ccccn3)NC(=S)N2c2ccc(Cl)cc2)c(C)n1-c1cc(Cl)ccc1O. The van der Waals surface area contributed by atoms with Crippen LogP contribution in [-0.4, -0.2) is 19.8 Å². The van der Waals surface area contributed by atoms with E-state index >= 15 is 0 Å². The number of nitrogens with zero attached hydrogens (tertiary/aromatic N) is 3. The number of thiocarbonyl (C=S) groups is 1. The third-order valence-electron chi connectivity index (χ3n) is 6.17. The molecule has 0 unspecified atom stereocenters. The lowest BCUT2D eigenvalue weighted by Gasteiger charge is -2.28. The minimum Gasteiger partial charge on any atom is -0.506 e. The van der Waals surface area contributed by atoms with Gasteiger partial charge in [-0.2, -0.15) is 0 Å². The summed E-state index contributed by atoms with van der Waals surface area (Å²) < 4.78 is 2.02. The minimum absolute atomic E-state index is 0.161. The van der Waals surface area contributed by atoms with Crippen molar-refractivity contribution < 1.29 is 5.11 Å². The molecule has 2 atom stereocenters. The highest BCUT2D eigenvalue weighted by molar-refractivity contribution is 7.80. The van der Waals surface area contributed by atoms with Crippen molar-refractivity contribution in [3.63, 3.8) is 0 Å². The Labute approximate surface area is 213 Å². The van der Waals surface area contributed by atoms with E-state index in [1.165, 1.54) is 0 Å². The van der Waals surface area contributed by atoms with Crippen LogP contribution in [0, 0.1) is 13.8 Å². The normalized spacial score (nSPS) is 17.8.